The number of rotatable bonds is 19. The van der Waals surface area contributed by atoms with Crippen molar-refractivity contribution >= 4 is 80.3 Å². The molecule has 0 saturated carbocycles. The van der Waals surface area contributed by atoms with E-state index < -0.39 is 70.4 Å². The van der Waals surface area contributed by atoms with Gasteiger partial charge in [-0.15, -0.1) is 0 Å². The highest BCUT2D eigenvalue weighted by atomic mass is 35.5. The number of allylic oxidation sites excluding steroid dienone is 3. The molecule has 1 aromatic carbocycles. The largest absolute Gasteiger partial charge is 0.495 e. The summed E-state index contributed by atoms with van der Waals surface area (Å²) in [4.78, 5) is 90.5. The fourth-order valence-electron chi connectivity index (χ4n) is 8.50. The predicted molar refractivity (Wildman–Crippen MR) is 285 cm³/mol. The number of hydrazone groups is 1. The minimum absolute atomic E-state index is 0.0607. The van der Waals surface area contributed by atoms with E-state index in [0.29, 0.717) is 60.3 Å². The van der Waals surface area contributed by atoms with Crippen LogP contribution in [0.15, 0.2) is 53.4 Å². The molecule has 3 aliphatic heterocycles. The minimum atomic E-state index is -1.87. The topological polar surface area (TPSA) is 262 Å². The number of likely N-dealkylation sites (N-methyl/N-ethyl adjacent to an activating group) is 1. The molecule has 2 aromatic rings. The van der Waals surface area contributed by atoms with E-state index in [1.807, 2.05) is 26.8 Å². The summed E-state index contributed by atoms with van der Waals surface area (Å²) in [5.74, 6) is -1.58. The van der Waals surface area contributed by atoms with Crippen LogP contribution in [-0.2, 0) is 49.3 Å². The number of fused-ring (bicyclic) bond motifs is 5. The normalized spacial score (nSPS) is 25.7. The number of nitrogens with one attached hydrogen (secondary N) is 3. The molecule has 2 fully saturated rings. The number of aliphatic hydroxyl groups is 1. The van der Waals surface area contributed by atoms with Crippen molar-refractivity contribution in [3.8, 4) is 11.6 Å². The molecule has 0 spiro atoms. The Morgan fingerprint density at radius 1 is 1.15 bits per heavy atom. The van der Waals surface area contributed by atoms with Crippen LogP contribution >= 0.6 is 33.2 Å². The third-order valence-corrected chi connectivity index (χ3v) is 16.9. The molecule has 2 saturated heterocycles. The molecule has 4 heterocycles. The molecule has 75 heavy (non-hydrogen) atoms. The van der Waals surface area contributed by atoms with Crippen LogP contribution in [-0.4, -0.2) is 156 Å². The molecular weight excluding hydrogens is 1030 g/mol. The van der Waals surface area contributed by atoms with Crippen LogP contribution in [0.2, 0.25) is 5.02 Å². The van der Waals surface area contributed by atoms with Gasteiger partial charge in [0.2, 0.25) is 29.5 Å². The quantitative estimate of drug-likeness (QED) is 0.0329. The van der Waals surface area contributed by atoms with Gasteiger partial charge in [0.15, 0.2) is 5.72 Å². The van der Waals surface area contributed by atoms with Gasteiger partial charge < -0.3 is 48.6 Å². The minimum Gasteiger partial charge on any atom is -0.495 e. The van der Waals surface area contributed by atoms with E-state index in [2.05, 4.69) is 31.1 Å². The Bertz CT molecular complexity index is 2500. The van der Waals surface area contributed by atoms with Gasteiger partial charge in [0.1, 0.15) is 46.4 Å². The second kappa shape index (κ2) is 26.5. The van der Waals surface area contributed by atoms with E-state index in [1.54, 1.807) is 59.2 Å². The SMILES string of the molecule is CNC(=O)CCCOc1cnc(/C(C)=N/NC(=O)CC(C)(C)SSCCC(=O)N(C)[C@@H](C)C(=O)O[C@H]2CC(=O)N(C)c3cc(cc(OC)c3Cl)C/C(C)=C/C=C/[C@@H](OC)[C@@]3(O)C[C@H](OC(=O)N3)[C@@H](C)[C@@H]3O[C@@]23C)cn1. The standard InChI is InChI=1S/C51H71ClN8O13S2/c1-29-15-13-16-38(69-12)51(67)25-37(71-48(66)56-51)30(2)46-50(7,73-46)39(24-44(64)60(10)35-22-33(21-29)23-36(68-11)45(35)52)72-47(65)32(4)59(9)43(63)18-20-74-75-49(5,6)26-41(62)58-57-31(3)34-27-55-42(28-54-34)70-19-14-17-40(61)53-8/h13,15-16,22-23,27-28,30,32,37-39,46,67H,14,17-21,24-26H2,1-12H3,(H,53,61)(H,56,66)(H,58,62)/b16-13+,29-15+,57-31+/t30-,32+,37+,38-,39+,46+,50+,51+/m1/s1. The number of ether oxygens (including phenoxy) is 6. The van der Waals surface area contributed by atoms with Crippen molar-refractivity contribution in [1.29, 1.82) is 0 Å². The van der Waals surface area contributed by atoms with Crippen LogP contribution in [0.4, 0.5) is 10.5 Å². The first kappa shape index (κ1) is 60.4. The van der Waals surface area contributed by atoms with E-state index in [4.69, 9.17) is 40.0 Å². The van der Waals surface area contributed by atoms with Crippen molar-refractivity contribution < 1.29 is 62.3 Å². The molecule has 4 bridgehead atoms. The molecule has 8 atom stereocenters. The summed E-state index contributed by atoms with van der Waals surface area (Å²) < 4.78 is 34.5. The summed E-state index contributed by atoms with van der Waals surface area (Å²) in [5, 5.41) is 21.3. The highest BCUT2D eigenvalue weighted by Crippen LogP contribution is 2.49. The monoisotopic (exact) mass is 1100 g/mol. The summed E-state index contributed by atoms with van der Waals surface area (Å²) in [6.45, 7) is 12.7. The van der Waals surface area contributed by atoms with Crippen molar-refractivity contribution in [3.63, 3.8) is 0 Å². The number of carbonyl (C=O) groups is 6. The number of hydrogen-bond acceptors (Lipinski definition) is 18. The molecule has 21 nitrogen and oxygen atoms in total. The first-order valence-corrected chi connectivity index (χ1v) is 27.2. The van der Waals surface area contributed by atoms with E-state index in [1.165, 1.54) is 72.0 Å². The number of halogens is 1. The molecule has 24 heteroatoms. The van der Waals surface area contributed by atoms with E-state index >= 15 is 0 Å². The second-order valence-corrected chi connectivity index (χ2v) is 23.1. The average Bonchev–Trinajstić information content (AvgIpc) is 4.07. The van der Waals surface area contributed by atoms with Gasteiger partial charge in [0.25, 0.3) is 0 Å². The lowest BCUT2D eigenvalue weighted by molar-refractivity contribution is -0.162. The number of alkyl carbamates (subject to hydrolysis) is 1. The number of anilines is 1. The molecule has 0 unspecified atom stereocenters. The molecule has 5 amide bonds. The number of hydrogen-bond donors (Lipinski definition) is 4. The van der Waals surface area contributed by atoms with Gasteiger partial charge in [-0.1, -0.05) is 63.9 Å². The third-order valence-electron chi connectivity index (χ3n) is 13.2. The van der Waals surface area contributed by atoms with Crippen molar-refractivity contribution in [3.05, 3.63) is 64.6 Å². The fourth-order valence-corrected chi connectivity index (χ4v) is 11.3. The van der Waals surface area contributed by atoms with Gasteiger partial charge in [-0.2, -0.15) is 5.10 Å². The number of benzene rings is 1. The fraction of sp³-hybridized carbons (Fsp3) is 0.588. The predicted octanol–water partition coefficient (Wildman–Crippen LogP) is 5.69. The summed E-state index contributed by atoms with van der Waals surface area (Å²) in [6.07, 6.45) is 4.48. The smallest absolute Gasteiger partial charge is 0.409 e. The van der Waals surface area contributed by atoms with Crippen molar-refractivity contribution in [2.45, 2.75) is 140 Å². The maximum atomic E-state index is 14.4. The number of esters is 1. The molecule has 0 aliphatic carbocycles. The lowest BCUT2D eigenvalue weighted by Crippen LogP contribution is -2.63. The van der Waals surface area contributed by atoms with Crippen LogP contribution in [0.5, 0.6) is 11.6 Å². The summed E-state index contributed by atoms with van der Waals surface area (Å²) in [5.41, 5.74) is 2.32. The van der Waals surface area contributed by atoms with Crippen molar-refractivity contribution in [2.75, 3.05) is 52.6 Å². The number of epoxide rings is 1. The first-order valence-electron chi connectivity index (χ1n) is 24.5. The number of aromatic nitrogens is 2. The lowest BCUT2D eigenvalue weighted by Gasteiger charge is -2.42. The molecular formula is C51H71ClN8O13S2. The van der Waals surface area contributed by atoms with Crippen LogP contribution in [0.1, 0.15) is 98.2 Å². The molecule has 1 aromatic heterocycles. The number of carbonyl (C=O) groups excluding carboxylic acids is 6. The van der Waals surface area contributed by atoms with Crippen LogP contribution in [0.3, 0.4) is 0 Å². The summed E-state index contributed by atoms with van der Waals surface area (Å²) >= 11 is 6.82. The zero-order valence-electron chi connectivity index (χ0n) is 44.6. The Balaban J connectivity index is 1.22. The first-order chi connectivity index (χ1) is 35.3. The van der Waals surface area contributed by atoms with E-state index in [0.717, 1.165) is 11.1 Å². The summed E-state index contributed by atoms with van der Waals surface area (Å²) in [6, 6.07) is 2.47. The van der Waals surface area contributed by atoms with Crippen molar-refractivity contribution in [1.82, 2.24) is 30.9 Å². The van der Waals surface area contributed by atoms with Gasteiger partial charge in [0.05, 0.1) is 50.0 Å². The Morgan fingerprint density at radius 3 is 2.55 bits per heavy atom. The molecule has 4 N–H and O–H groups in total. The zero-order valence-corrected chi connectivity index (χ0v) is 47.0. The lowest BCUT2D eigenvalue weighted by atomic mass is 9.83. The molecule has 5 rings (SSSR count). The van der Waals surface area contributed by atoms with Crippen LogP contribution in [0, 0.1) is 5.92 Å². The molecule has 3 aliphatic rings. The highest BCUT2D eigenvalue weighted by molar-refractivity contribution is 8.77. The maximum Gasteiger partial charge on any atom is 0.409 e. The molecule has 412 valence electrons. The zero-order chi connectivity index (χ0) is 55.4. The second-order valence-electron chi connectivity index (χ2n) is 19.6. The Labute approximate surface area is 451 Å². The van der Waals surface area contributed by atoms with E-state index in [9.17, 15) is 33.9 Å². The Kier molecular flexibility index (Phi) is 21.4. The summed E-state index contributed by atoms with van der Waals surface area (Å²) in [7, 11) is 10.4. The molecule has 0 radical (unpaired) electrons. The Morgan fingerprint density at radius 2 is 1.88 bits per heavy atom. The van der Waals surface area contributed by atoms with Crippen LogP contribution in [0.25, 0.3) is 0 Å². The third kappa shape index (κ3) is 16.3. The van der Waals surface area contributed by atoms with Crippen LogP contribution < -0.4 is 30.4 Å². The maximum absolute atomic E-state index is 14.4. The van der Waals surface area contributed by atoms with E-state index in [-0.39, 0.29) is 48.4 Å². The van der Waals surface area contributed by atoms with Gasteiger partial charge in [0, 0.05) is 70.4 Å². The average molecular weight is 1100 g/mol. The van der Waals surface area contributed by atoms with Gasteiger partial charge in [-0.3, -0.25) is 24.5 Å². The number of amides is 5. The number of methoxy groups -OCH3 is 2. The van der Waals surface area contributed by atoms with Gasteiger partial charge in [-0.25, -0.2) is 25.0 Å². The highest BCUT2D eigenvalue weighted by Gasteiger charge is 2.64. The van der Waals surface area contributed by atoms with Crippen molar-refractivity contribution in [2.24, 2.45) is 11.0 Å². The van der Waals surface area contributed by atoms with Gasteiger partial charge in [-0.05, 0) is 72.1 Å². The Hall–Kier alpha value is -5.46. The van der Waals surface area contributed by atoms with Gasteiger partial charge >= 0.3 is 12.1 Å². The number of nitrogens with zero attached hydrogens (tertiary/aromatic N) is 5.